The molecule has 0 saturated carbocycles. The third-order valence-corrected chi connectivity index (χ3v) is 3.07. The van der Waals surface area contributed by atoms with E-state index in [4.69, 9.17) is 10.5 Å². The van der Waals surface area contributed by atoms with Crippen LogP contribution in [-0.2, 0) is 7.05 Å². The number of hydrogen-bond donors (Lipinski definition) is 1. The topological polar surface area (TPSA) is 78.8 Å². The highest BCUT2D eigenvalue weighted by atomic mass is 19.1. The fourth-order valence-electron chi connectivity index (χ4n) is 2.19. The number of nitrogen functional groups attached to an aromatic ring is 1. The molecular weight excluding hydrogens is 280 g/mol. The number of nitrogens with two attached hydrogens (primary N) is 1. The van der Waals surface area contributed by atoms with E-state index in [2.05, 4.69) is 15.1 Å². The van der Waals surface area contributed by atoms with Crippen LogP contribution in [0.2, 0.25) is 0 Å². The first-order valence-corrected chi connectivity index (χ1v) is 6.00. The predicted molar refractivity (Wildman–Crippen MR) is 72.6 cm³/mol. The van der Waals surface area contributed by atoms with E-state index in [0.29, 0.717) is 16.7 Å². The lowest BCUT2D eigenvalue weighted by atomic mass is 10.1. The van der Waals surface area contributed by atoms with Gasteiger partial charge in [-0.05, 0) is 6.07 Å². The highest BCUT2D eigenvalue weighted by Crippen LogP contribution is 2.35. The van der Waals surface area contributed by atoms with Crippen molar-refractivity contribution >= 4 is 17.0 Å². The molecular formula is C13H11F2N5O. The Morgan fingerprint density at radius 1 is 1.29 bits per heavy atom. The number of hydrogen-bond acceptors (Lipinski definition) is 5. The molecule has 2 N–H and O–H groups in total. The second kappa shape index (κ2) is 4.65. The zero-order valence-corrected chi connectivity index (χ0v) is 11.3. The lowest BCUT2D eigenvalue weighted by Crippen LogP contribution is -1.97. The van der Waals surface area contributed by atoms with Gasteiger partial charge in [-0.15, -0.1) is 0 Å². The van der Waals surface area contributed by atoms with E-state index in [1.54, 1.807) is 7.05 Å². The summed E-state index contributed by atoms with van der Waals surface area (Å²) in [5, 5.41) is 4.76. The number of aromatic nitrogens is 4. The van der Waals surface area contributed by atoms with E-state index in [1.807, 2.05) is 0 Å². The molecule has 0 spiro atoms. The first-order chi connectivity index (χ1) is 10.0. The molecule has 0 amide bonds. The van der Waals surface area contributed by atoms with Crippen molar-refractivity contribution in [2.45, 2.75) is 0 Å². The normalized spacial score (nSPS) is 11.0. The Morgan fingerprint density at radius 2 is 2.05 bits per heavy atom. The summed E-state index contributed by atoms with van der Waals surface area (Å²) in [5.41, 5.74) is 6.51. The number of methoxy groups -OCH3 is 1. The van der Waals surface area contributed by atoms with E-state index in [9.17, 15) is 8.78 Å². The van der Waals surface area contributed by atoms with Gasteiger partial charge in [-0.2, -0.15) is 10.1 Å². The number of anilines is 1. The SMILES string of the molecule is COc1c(F)cc(F)cc1-c1nn(C)c2nc(N)ncc12. The molecule has 0 aliphatic rings. The Bertz CT molecular complexity index is 846. The first-order valence-electron chi connectivity index (χ1n) is 6.00. The number of rotatable bonds is 2. The molecule has 0 aliphatic carbocycles. The monoisotopic (exact) mass is 291 g/mol. The molecule has 0 radical (unpaired) electrons. The number of fused-ring (bicyclic) bond motifs is 1. The van der Waals surface area contributed by atoms with E-state index >= 15 is 0 Å². The predicted octanol–water partition coefficient (Wildman–Crippen LogP) is 1.90. The van der Waals surface area contributed by atoms with Gasteiger partial charge < -0.3 is 10.5 Å². The zero-order chi connectivity index (χ0) is 15.1. The molecule has 0 bridgehead atoms. The highest BCUT2D eigenvalue weighted by Gasteiger charge is 2.20. The Hall–Kier alpha value is -2.77. The van der Waals surface area contributed by atoms with Crippen LogP contribution < -0.4 is 10.5 Å². The van der Waals surface area contributed by atoms with Gasteiger partial charge in [-0.3, -0.25) is 0 Å². The molecule has 0 aliphatic heterocycles. The molecule has 108 valence electrons. The molecule has 0 atom stereocenters. The minimum absolute atomic E-state index is 0.0896. The summed E-state index contributed by atoms with van der Waals surface area (Å²) in [6, 6.07) is 1.90. The smallest absolute Gasteiger partial charge is 0.222 e. The van der Waals surface area contributed by atoms with Gasteiger partial charge in [0.1, 0.15) is 11.5 Å². The van der Waals surface area contributed by atoms with Crippen molar-refractivity contribution in [2.24, 2.45) is 7.05 Å². The highest BCUT2D eigenvalue weighted by molar-refractivity contribution is 5.92. The Labute approximate surface area is 118 Å². The van der Waals surface area contributed by atoms with Gasteiger partial charge in [0.15, 0.2) is 17.2 Å². The van der Waals surface area contributed by atoms with Crippen LogP contribution in [0.3, 0.4) is 0 Å². The van der Waals surface area contributed by atoms with Gasteiger partial charge in [0.05, 0.1) is 18.1 Å². The van der Waals surface area contributed by atoms with Crippen molar-refractivity contribution in [3.63, 3.8) is 0 Å². The van der Waals surface area contributed by atoms with Gasteiger partial charge in [0.2, 0.25) is 5.95 Å². The summed E-state index contributed by atoms with van der Waals surface area (Å²) in [7, 11) is 2.96. The average Bonchev–Trinajstić information content (AvgIpc) is 2.75. The Balaban J connectivity index is 2.36. The van der Waals surface area contributed by atoms with Crippen molar-refractivity contribution in [3.05, 3.63) is 30.0 Å². The minimum Gasteiger partial charge on any atom is -0.493 e. The molecule has 2 aromatic heterocycles. The maximum Gasteiger partial charge on any atom is 0.222 e. The quantitative estimate of drug-likeness (QED) is 0.780. The second-order valence-electron chi connectivity index (χ2n) is 4.41. The van der Waals surface area contributed by atoms with Crippen LogP contribution in [0.15, 0.2) is 18.3 Å². The minimum atomic E-state index is -0.803. The lowest BCUT2D eigenvalue weighted by Gasteiger charge is -2.08. The number of nitrogens with zero attached hydrogens (tertiary/aromatic N) is 4. The number of benzene rings is 1. The first kappa shape index (κ1) is 13.2. The number of aryl methyl sites for hydroxylation is 1. The van der Waals surface area contributed by atoms with E-state index in [-0.39, 0.29) is 17.3 Å². The van der Waals surface area contributed by atoms with Gasteiger partial charge in [-0.1, -0.05) is 0 Å². The van der Waals surface area contributed by atoms with Crippen LogP contribution in [0.1, 0.15) is 0 Å². The molecule has 3 aromatic rings. The van der Waals surface area contributed by atoms with Gasteiger partial charge in [-0.25, -0.2) is 18.4 Å². The third-order valence-electron chi connectivity index (χ3n) is 3.07. The summed E-state index contributed by atoms with van der Waals surface area (Å²) in [6.45, 7) is 0. The third kappa shape index (κ3) is 2.04. The van der Waals surface area contributed by atoms with Crippen molar-refractivity contribution in [1.29, 1.82) is 0 Å². The fraction of sp³-hybridized carbons (Fsp3) is 0.154. The van der Waals surface area contributed by atoms with E-state index in [0.717, 1.165) is 12.1 Å². The molecule has 0 saturated heterocycles. The van der Waals surface area contributed by atoms with Gasteiger partial charge in [0, 0.05) is 19.3 Å². The molecule has 3 rings (SSSR count). The Kier molecular flexibility index (Phi) is 2.93. The van der Waals surface area contributed by atoms with Gasteiger partial charge in [0.25, 0.3) is 0 Å². The molecule has 0 fully saturated rings. The Morgan fingerprint density at radius 3 is 2.76 bits per heavy atom. The van der Waals surface area contributed by atoms with E-state index < -0.39 is 11.6 Å². The molecule has 21 heavy (non-hydrogen) atoms. The standard InChI is InChI=1S/C13H11F2N5O/c1-20-12-8(5-17-13(16)18-12)10(19-20)7-3-6(14)4-9(15)11(7)21-2/h3-5H,1-2H3,(H2,16,17,18). The number of halogens is 2. The average molecular weight is 291 g/mol. The molecule has 1 aromatic carbocycles. The van der Waals surface area contributed by atoms with Gasteiger partial charge >= 0.3 is 0 Å². The summed E-state index contributed by atoms with van der Waals surface area (Å²) in [6.07, 6.45) is 1.46. The summed E-state index contributed by atoms with van der Waals surface area (Å²) < 4.78 is 33.8. The lowest BCUT2D eigenvalue weighted by molar-refractivity contribution is 0.385. The largest absolute Gasteiger partial charge is 0.493 e. The van der Waals surface area contributed by atoms with Crippen molar-refractivity contribution in [2.75, 3.05) is 12.8 Å². The molecule has 8 heteroatoms. The van der Waals surface area contributed by atoms with Crippen LogP contribution in [0.25, 0.3) is 22.3 Å². The summed E-state index contributed by atoms with van der Waals surface area (Å²) in [5.74, 6) is -1.52. The van der Waals surface area contributed by atoms with Crippen LogP contribution in [0.4, 0.5) is 14.7 Å². The van der Waals surface area contributed by atoms with E-state index in [1.165, 1.54) is 18.0 Å². The summed E-state index contributed by atoms with van der Waals surface area (Å²) >= 11 is 0. The van der Waals surface area contributed by atoms with Crippen LogP contribution in [-0.4, -0.2) is 26.9 Å². The molecule has 6 nitrogen and oxygen atoms in total. The van der Waals surface area contributed by atoms with Crippen LogP contribution in [0, 0.1) is 11.6 Å². The van der Waals surface area contributed by atoms with Crippen LogP contribution in [0.5, 0.6) is 5.75 Å². The van der Waals surface area contributed by atoms with Crippen molar-refractivity contribution in [3.8, 4) is 17.0 Å². The van der Waals surface area contributed by atoms with Crippen molar-refractivity contribution in [1.82, 2.24) is 19.7 Å². The zero-order valence-electron chi connectivity index (χ0n) is 11.3. The summed E-state index contributed by atoms with van der Waals surface area (Å²) in [4.78, 5) is 7.95. The number of ether oxygens (including phenoxy) is 1. The molecule has 0 unspecified atom stereocenters. The fourth-order valence-corrected chi connectivity index (χ4v) is 2.19. The van der Waals surface area contributed by atoms with Crippen molar-refractivity contribution < 1.29 is 13.5 Å². The molecule has 2 heterocycles. The maximum absolute atomic E-state index is 13.8. The van der Waals surface area contributed by atoms with Crippen LogP contribution >= 0.6 is 0 Å². The second-order valence-corrected chi connectivity index (χ2v) is 4.41. The maximum atomic E-state index is 13.8.